The first-order chi connectivity index (χ1) is 10.9. The number of aromatic nitrogens is 4. The summed E-state index contributed by atoms with van der Waals surface area (Å²) in [5.41, 5.74) is 5.90. The molecular formula is C14H19F3N6. The van der Waals surface area contributed by atoms with Crippen molar-refractivity contribution in [3.63, 3.8) is 0 Å². The van der Waals surface area contributed by atoms with Gasteiger partial charge in [0.15, 0.2) is 5.69 Å². The Hall–Kier alpha value is -2.16. The second kappa shape index (κ2) is 6.95. The summed E-state index contributed by atoms with van der Waals surface area (Å²) in [5.74, 6) is -0.0630. The second-order valence-corrected chi connectivity index (χ2v) is 4.99. The highest BCUT2D eigenvalue weighted by Crippen LogP contribution is 2.31. The maximum Gasteiger partial charge on any atom is 0.433 e. The van der Waals surface area contributed by atoms with E-state index < -0.39 is 11.9 Å². The summed E-state index contributed by atoms with van der Waals surface area (Å²) in [4.78, 5) is 7.72. The van der Waals surface area contributed by atoms with E-state index in [-0.39, 0.29) is 11.6 Å². The molecule has 9 heteroatoms. The fourth-order valence-corrected chi connectivity index (χ4v) is 2.13. The van der Waals surface area contributed by atoms with Gasteiger partial charge < -0.3 is 11.1 Å². The van der Waals surface area contributed by atoms with Crippen LogP contribution in [0.25, 0.3) is 11.3 Å². The predicted octanol–water partition coefficient (Wildman–Crippen LogP) is 2.45. The number of hydrogen-bond donors (Lipinski definition) is 2. The van der Waals surface area contributed by atoms with E-state index in [4.69, 9.17) is 5.73 Å². The first-order valence-corrected chi connectivity index (χ1v) is 7.29. The minimum Gasteiger partial charge on any atom is -0.354 e. The maximum absolute atomic E-state index is 13.1. The number of anilines is 1. The third-order valence-electron chi connectivity index (χ3n) is 3.36. The van der Waals surface area contributed by atoms with Crippen molar-refractivity contribution in [3.8, 4) is 11.3 Å². The molecule has 0 aromatic carbocycles. The van der Waals surface area contributed by atoms with Gasteiger partial charge in [-0.3, -0.25) is 4.68 Å². The first-order valence-electron chi connectivity index (χ1n) is 7.29. The van der Waals surface area contributed by atoms with Crippen molar-refractivity contribution < 1.29 is 13.2 Å². The summed E-state index contributed by atoms with van der Waals surface area (Å²) >= 11 is 0. The van der Waals surface area contributed by atoms with E-state index in [1.807, 2.05) is 6.92 Å². The zero-order valence-corrected chi connectivity index (χ0v) is 13.0. The summed E-state index contributed by atoms with van der Waals surface area (Å²) < 4.78 is 40.9. The van der Waals surface area contributed by atoms with Gasteiger partial charge in [-0.15, -0.1) is 0 Å². The molecule has 0 amide bonds. The molecule has 0 unspecified atom stereocenters. The molecule has 2 heterocycles. The van der Waals surface area contributed by atoms with Crippen LogP contribution in [0.5, 0.6) is 0 Å². The van der Waals surface area contributed by atoms with E-state index in [0.29, 0.717) is 31.6 Å². The monoisotopic (exact) mass is 328 g/mol. The molecule has 2 aromatic rings. The van der Waals surface area contributed by atoms with Gasteiger partial charge in [-0.25, -0.2) is 9.97 Å². The lowest BCUT2D eigenvalue weighted by Gasteiger charge is -2.11. The molecule has 0 bridgehead atoms. The molecular weight excluding hydrogens is 309 g/mol. The van der Waals surface area contributed by atoms with Crippen LogP contribution < -0.4 is 11.1 Å². The summed E-state index contributed by atoms with van der Waals surface area (Å²) in [7, 11) is 0. The number of nitrogens with zero attached hydrogens (tertiary/aromatic N) is 4. The molecule has 0 radical (unpaired) electrons. The van der Waals surface area contributed by atoms with Crippen molar-refractivity contribution in [3.05, 3.63) is 23.7 Å². The van der Waals surface area contributed by atoms with E-state index in [1.165, 1.54) is 6.20 Å². The molecule has 0 aliphatic carbocycles. The molecule has 3 N–H and O–H groups in total. The smallest absolute Gasteiger partial charge is 0.354 e. The molecule has 0 spiro atoms. The summed E-state index contributed by atoms with van der Waals surface area (Å²) in [6, 6.07) is 0.943. The highest BCUT2D eigenvalue weighted by Gasteiger charge is 2.34. The fraction of sp³-hybridized carbons (Fsp3) is 0.500. The van der Waals surface area contributed by atoms with Crippen LogP contribution in [0.2, 0.25) is 0 Å². The number of alkyl halides is 3. The van der Waals surface area contributed by atoms with Crippen LogP contribution >= 0.6 is 0 Å². The third kappa shape index (κ3) is 3.98. The van der Waals surface area contributed by atoms with Gasteiger partial charge in [0.1, 0.15) is 0 Å². The zero-order valence-electron chi connectivity index (χ0n) is 13.0. The molecule has 23 heavy (non-hydrogen) atoms. The van der Waals surface area contributed by atoms with Gasteiger partial charge >= 0.3 is 6.18 Å². The van der Waals surface area contributed by atoms with Gasteiger partial charge in [0, 0.05) is 24.3 Å². The van der Waals surface area contributed by atoms with Gasteiger partial charge in [-0.1, -0.05) is 0 Å². The predicted molar refractivity (Wildman–Crippen MR) is 80.8 cm³/mol. The number of rotatable bonds is 6. The number of hydrogen-bond acceptors (Lipinski definition) is 5. The van der Waals surface area contributed by atoms with Crippen molar-refractivity contribution in [2.45, 2.75) is 33.0 Å². The van der Waals surface area contributed by atoms with Crippen molar-refractivity contribution >= 4 is 5.95 Å². The van der Waals surface area contributed by atoms with Crippen LogP contribution in [-0.4, -0.2) is 32.8 Å². The fourth-order valence-electron chi connectivity index (χ4n) is 2.13. The van der Waals surface area contributed by atoms with Crippen LogP contribution in [-0.2, 0) is 12.7 Å². The van der Waals surface area contributed by atoms with Crippen LogP contribution in [0.3, 0.4) is 0 Å². The molecule has 126 valence electrons. The van der Waals surface area contributed by atoms with Crippen LogP contribution in [0.15, 0.2) is 12.3 Å². The number of halogens is 3. The van der Waals surface area contributed by atoms with Crippen LogP contribution in [0, 0.1) is 6.92 Å². The minimum absolute atomic E-state index is 0.0630. The van der Waals surface area contributed by atoms with Crippen LogP contribution in [0.1, 0.15) is 24.7 Å². The Labute approximate surface area is 131 Å². The second-order valence-electron chi connectivity index (χ2n) is 4.99. The van der Waals surface area contributed by atoms with Gasteiger partial charge in [0.05, 0.1) is 11.9 Å². The first kappa shape index (κ1) is 17.2. The lowest BCUT2D eigenvalue weighted by Crippen LogP contribution is -2.15. The Kier molecular flexibility index (Phi) is 5.19. The average molecular weight is 328 g/mol. The average Bonchev–Trinajstić information content (AvgIpc) is 2.87. The molecule has 0 saturated heterocycles. The van der Waals surface area contributed by atoms with E-state index in [2.05, 4.69) is 20.4 Å². The van der Waals surface area contributed by atoms with E-state index >= 15 is 0 Å². The van der Waals surface area contributed by atoms with E-state index in [9.17, 15) is 13.2 Å². The Morgan fingerprint density at radius 2 is 2.04 bits per heavy atom. The molecule has 0 saturated carbocycles. The zero-order chi connectivity index (χ0) is 17.0. The third-order valence-corrected chi connectivity index (χ3v) is 3.36. The highest BCUT2D eigenvalue weighted by molar-refractivity contribution is 5.62. The SMILES string of the molecule is CCn1ncc(-c2cc(C(F)(F)F)nc(NCCCN)n2)c1C. The Morgan fingerprint density at radius 3 is 2.61 bits per heavy atom. The summed E-state index contributed by atoms with van der Waals surface area (Å²) in [5, 5.41) is 6.92. The normalized spacial score (nSPS) is 11.7. The summed E-state index contributed by atoms with van der Waals surface area (Å²) in [6.07, 6.45) is -2.41. The van der Waals surface area contributed by atoms with E-state index in [0.717, 1.165) is 11.8 Å². The Morgan fingerprint density at radius 1 is 1.30 bits per heavy atom. The van der Waals surface area contributed by atoms with Crippen molar-refractivity contribution in [2.24, 2.45) is 5.73 Å². The molecule has 2 aromatic heterocycles. The number of nitrogens with one attached hydrogen (secondary N) is 1. The molecule has 0 aliphatic heterocycles. The standard InChI is InChI=1S/C14H19F3N6/c1-3-23-9(2)10(8-20-23)11-7-12(14(15,16)17)22-13(21-11)19-6-4-5-18/h7-8H,3-6,18H2,1-2H3,(H,19,21,22). The lowest BCUT2D eigenvalue weighted by molar-refractivity contribution is -0.141. The summed E-state index contributed by atoms with van der Waals surface area (Å²) in [6.45, 7) is 5.17. The largest absolute Gasteiger partial charge is 0.433 e. The Balaban J connectivity index is 2.44. The quantitative estimate of drug-likeness (QED) is 0.796. The van der Waals surface area contributed by atoms with Gasteiger partial charge in [-0.2, -0.15) is 18.3 Å². The lowest BCUT2D eigenvalue weighted by atomic mass is 10.1. The Bertz CT molecular complexity index is 665. The maximum atomic E-state index is 13.1. The van der Waals surface area contributed by atoms with E-state index in [1.54, 1.807) is 11.6 Å². The minimum atomic E-state index is -4.54. The molecule has 0 aliphatic rings. The van der Waals surface area contributed by atoms with Gasteiger partial charge in [0.2, 0.25) is 5.95 Å². The van der Waals surface area contributed by atoms with Gasteiger partial charge in [-0.05, 0) is 32.9 Å². The van der Waals surface area contributed by atoms with Gasteiger partial charge in [0.25, 0.3) is 0 Å². The molecule has 0 fully saturated rings. The van der Waals surface area contributed by atoms with Crippen LogP contribution in [0.4, 0.5) is 19.1 Å². The molecule has 6 nitrogen and oxygen atoms in total. The van der Waals surface area contributed by atoms with Crippen molar-refractivity contribution in [2.75, 3.05) is 18.4 Å². The molecule has 0 atom stereocenters. The van der Waals surface area contributed by atoms with Crippen molar-refractivity contribution in [1.82, 2.24) is 19.7 Å². The molecule has 2 rings (SSSR count). The van der Waals surface area contributed by atoms with Crippen molar-refractivity contribution in [1.29, 1.82) is 0 Å². The topological polar surface area (TPSA) is 81.7 Å². The highest BCUT2D eigenvalue weighted by atomic mass is 19.4. The number of aryl methyl sites for hydroxylation is 1. The number of nitrogens with two attached hydrogens (primary N) is 1.